The van der Waals surface area contributed by atoms with Gasteiger partial charge in [-0.3, -0.25) is 14.0 Å². The number of ether oxygens (including phenoxy) is 1. The average Bonchev–Trinajstić information content (AvgIpc) is 3.71. The Bertz CT molecular complexity index is 1890. The molecular formula is C31H38N10O4S. The number of carbonyl (C=O) groups excluding carboxylic acids is 1. The first-order valence-electron chi connectivity index (χ1n) is 15.4. The maximum absolute atomic E-state index is 12.5. The number of piperazine rings is 1. The number of likely N-dealkylation sites (N-methyl/N-ethyl adjacent to an activating group) is 1. The number of piperidine rings is 1. The van der Waals surface area contributed by atoms with Crippen LogP contribution >= 0.6 is 0 Å². The van der Waals surface area contributed by atoms with E-state index in [0.717, 1.165) is 55.7 Å². The summed E-state index contributed by atoms with van der Waals surface area (Å²) in [6, 6.07) is 11.9. The molecule has 3 aliphatic heterocycles. The van der Waals surface area contributed by atoms with E-state index in [-0.39, 0.29) is 5.91 Å². The number of rotatable bonds is 8. The second-order valence-corrected chi connectivity index (χ2v) is 13.9. The zero-order valence-corrected chi connectivity index (χ0v) is 27.0. The monoisotopic (exact) mass is 646 g/mol. The van der Waals surface area contributed by atoms with Gasteiger partial charge in [0.25, 0.3) is 0 Å². The van der Waals surface area contributed by atoms with Gasteiger partial charge in [-0.1, -0.05) is 12.1 Å². The van der Waals surface area contributed by atoms with E-state index in [9.17, 15) is 13.2 Å². The predicted molar refractivity (Wildman–Crippen MR) is 178 cm³/mol. The number of methoxy groups -OCH3 is 1. The Balaban J connectivity index is 1.09. The van der Waals surface area contributed by atoms with Crippen LogP contribution in [0.5, 0.6) is 5.88 Å². The normalized spacial score (nSPS) is 17.9. The predicted octanol–water partition coefficient (Wildman–Crippen LogP) is 2.91. The Morgan fingerprint density at radius 1 is 0.978 bits per heavy atom. The molecule has 3 N–H and O–H groups in total. The quantitative estimate of drug-likeness (QED) is 0.259. The van der Waals surface area contributed by atoms with Crippen LogP contribution in [0.1, 0.15) is 18.4 Å². The molecule has 0 atom stereocenters. The van der Waals surface area contributed by atoms with E-state index in [1.165, 1.54) is 10.6 Å². The summed E-state index contributed by atoms with van der Waals surface area (Å²) in [6.07, 6.45) is 5.58. The average molecular weight is 647 g/mol. The number of fused-ring (bicyclic) bond motifs is 2. The molecule has 0 radical (unpaired) electrons. The second-order valence-electron chi connectivity index (χ2n) is 12.0. The second kappa shape index (κ2) is 11.9. The minimum atomic E-state index is -3.44. The van der Waals surface area contributed by atoms with Crippen molar-refractivity contribution in [2.45, 2.75) is 25.3 Å². The maximum Gasteiger partial charge on any atom is 0.239 e. The third-order valence-corrected chi connectivity index (χ3v) is 10.3. The van der Waals surface area contributed by atoms with E-state index < -0.39 is 10.0 Å². The SMILES string of the molecule is COc1nc(Nc2nc(Nc3cccc4c3N(S(C)(=O)=O)CC4)c3cc[nH]c3n2)ccc1N1CCC(N2CCN(C)C(=O)C2)CC1. The van der Waals surface area contributed by atoms with Gasteiger partial charge in [0.2, 0.25) is 27.8 Å². The summed E-state index contributed by atoms with van der Waals surface area (Å²) in [5.74, 6) is 2.04. The first kappa shape index (κ1) is 30.0. The van der Waals surface area contributed by atoms with Gasteiger partial charge in [-0.2, -0.15) is 15.0 Å². The molecule has 3 aliphatic rings. The van der Waals surface area contributed by atoms with Crippen LogP contribution in [0.2, 0.25) is 0 Å². The van der Waals surface area contributed by atoms with Gasteiger partial charge >= 0.3 is 0 Å². The summed E-state index contributed by atoms with van der Waals surface area (Å²) in [5, 5.41) is 7.36. The number of hydrogen-bond acceptors (Lipinski definition) is 11. The minimum absolute atomic E-state index is 0.187. The third kappa shape index (κ3) is 5.75. The van der Waals surface area contributed by atoms with Crippen molar-refractivity contribution in [1.82, 2.24) is 29.7 Å². The number of nitrogens with zero attached hydrogens (tertiary/aromatic N) is 7. The molecule has 6 heterocycles. The number of sulfonamides is 1. The highest BCUT2D eigenvalue weighted by Crippen LogP contribution is 2.39. The number of para-hydroxylation sites is 1. The molecule has 3 aromatic heterocycles. The van der Waals surface area contributed by atoms with E-state index in [2.05, 4.69) is 30.4 Å². The zero-order chi connectivity index (χ0) is 32.0. The van der Waals surface area contributed by atoms with Gasteiger partial charge in [-0.05, 0) is 49.1 Å². The van der Waals surface area contributed by atoms with Crippen molar-refractivity contribution in [1.29, 1.82) is 0 Å². The van der Waals surface area contributed by atoms with Crippen LogP contribution in [0, 0.1) is 0 Å². The van der Waals surface area contributed by atoms with Crippen molar-refractivity contribution in [3.05, 3.63) is 48.2 Å². The first-order chi connectivity index (χ1) is 22.2. The Morgan fingerprint density at radius 3 is 2.57 bits per heavy atom. The summed E-state index contributed by atoms with van der Waals surface area (Å²) >= 11 is 0. The molecular weight excluding hydrogens is 608 g/mol. The highest BCUT2D eigenvalue weighted by Gasteiger charge is 2.31. The summed E-state index contributed by atoms with van der Waals surface area (Å²) in [5.41, 5.74) is 3.78. The van der Waals surface area contributed by atoms with Crippen LogP contribution in [0.25, 0.3) is 11.0 Å². The number of pyridine rings is 1. The van der Waals surface area contributed by atoms with Crippen LogP contribution in [-0.4, -0.2) is 110 Å². The molecule has 0 aliphatic carbocycles. The Kier molecular flexibility index (Phi) is 7.80. The maximum atomic E-state index is 12.5. The van der Waals surface area contributed by atoms with E-state index in [0.29, 0.717) is 66.0 Å². The number of nitrogens with one attached hydrogen (secondary N) is 3. The Morgan fingerprint density at radius 2 is 1.80 bits per heavy atom. The van der Waals surface area contributed by atoms with Crippen LogP contribution in [-0.2, 0) is 21.2 Å². The van der Waals surface area contributed by atoms with Crippen molar-refractivity contribution >= 4 is 61.6 Å². The van der Waals surface area contributed by atoms with Crippen molar-refractivity contribution in [2.24, 2.45) is 0 Å². The van der Waals surface area contributed by atoms with E-state index >= 15 is 0 Å². The molecule has 242 valence electrons. The Labute approximate surface area is 267 Å². The van der Waals surface area contributed by atoms with Gasteiger partial charge in [0.1, 0.15) is 23.0 Å². The molecule has 15 heteroatoms. The molecule has 14 nitrogen and oxygen atoms in total. The Hall–Kier alpha value is -4.63. The largest absolute Gasteiger partial charge is 0.479 e. The minimum Gasteiger partial charge on any atom is -0.479 e. The van der Waals surface area contributed by atoms with Gasteiger partial charge in [-0.25, -0.2) is 8.42 Å². The van der Waals surface area contributed by atoms with Gasteiger partial charge in [0.05, 0.1) is 36.7 Å². The van der Waals surface area contributed by atoms with Crippen molar-refractivity contribution < 1.29 is 17.9 Å². The first-order valence-corrected chi connectivity index (χ1v) is 17.3. The number of amides is 1. The number of hydrogen-bond donors (Lipinski definition) is 3. The molecule has 46 heavy (non-hydrogen) atoms. The van der Waals surface area contributed by atoms with Gasteiger partial charge in [0.15, 0.2) is 0 Å². The van der Waals surface area contributed by atoms with Crippen molar-refractivity contribution in [3.8, 4) is 5.88 Å². The third-order valence-electron chi connectivity index (χ3n) is 9.10. The number of anilines is 6. The van der Waals surface area contributed by atoms with Gasteiger partial charge in [-0.15, -0.1) is 0 Å². The van der Waals surface area contributed by atoms with E-state index in [1.807, 2.05) is 43.4 Å². The fraction of sp³-hybridized carbons (Fsp3) is 0.419. The van der Waals surface area contributed by atoms with Crippen LogP contribution < -0.4 is 24.6 Å². The van der Waals surface area contributed by atoms with Crippen molar-refractivity contribution in [2.75, 3.05) is 79.5 Å². The molecule has 0 bridgehead atoms. The lowest BCUT2D eigenvalue weighted by Gasteiger charge is -2.42. The summed E-state index contributed by atoms with van der Waals surface area (Å²) in [4.78, 5) is 35.9. The van der Waals surface area contributed by atoms with E-state index in [4.69, 9.17) is 14.7 Å². The van der Waals surface area contributed by atoms with Crippen LogP contribution in [0.15, 0.2) is 42.6 Å². The summed E-state index contributed by atoms with van der Waals surface area (Å²) < 4.78 is 32.2. The number of benzene rings is 1. The fourth-order valence-corrected chi connectivity index (χ4v) is 7.61. The molecule has 7 rings (SSSR count). The number of carbonyl (C=O) groups is 1. The lowest BCUT2D eigenvalue weighted by molar-refractivity contribution is -0.135. The molecule has 4 aromatic rings. The smallest absolute Gasteiger partial charge is 0.239 e. The molecule has 0 saturated carbocycles. The van der Waals surface area contributed by atoms with Gasteiger partial charge < -0.3 is 30.2 Å². The lowest BCUT2D eigenvalue weighted by Crippen LogP contribution is -2.54. The molecule has 0 unspecified atom stereocenters. The molecule has 0 spiro atoms. The van der Waals surface area contributed by atoms with Crippen LogP contribution in [0.3, 0.4) is 0 Å². The van der Waals surface area contributed by atoms with Crippen molar-refractivity contribution in [3.63, 3.8) is 0 Å². The molecule has 2 saturated heterocycles. The van der Waals surface area contributed by atoms with Crippen LogP contribution in [0.4, 0.5) is 34.6 Å². The van der Waals surface area contributed by atoms with Gasteiger partial charge in [0, 0.05) is 52.0 Å². The number of H-pyrrole nitrogens is 1. The highest BCUT2D eigenvalue weighted by atomic mass is 32.2. The fourth-order valence-electron chi connectivity index (χ4n) is 6.64. The zero-order valence-electron chi connectivity index (χ0n) is 26.2. The standard InChI is InChI=1S/C31H38N10O4S/c1-38-17-18-40(19-26(38)42)21-11-14-39(15-12-21)24-7-8-25(34-30(24)45-2)35-31-36-28-22(9-13-32-28)29(37-31)33-23-6-4-5-20-10-16-41(27(20)23)46(3,43)44/h4-9,13,21H,10-12,14-19H2,1-3H3,(H3,32,33,34,35,36,37). The molecule has 2 fully saturated rings. The number of aromatic nitrogens is 4. The molecule has 1 amide bonds. The molecule has 1 aromatic carbocycles. The number of aromatic amines is 1. The lowest BCUT2D eigenvalue weighted by atomic mass is 10.0. The highest BCUT2D eigenvalue weighted by molar-refractivity contribution is 7.92. The summed E-state index contributed by atoms with van der Waals surface area (Å²) in [7, 11) is 0.0390. The topological polar surface area (TPSA) is 152 Å². The van der Waals surface area contributed by atoms with E-state index in [1.54, 1.807) is 18.2 Å². The summed E-state index contributed by atoms with van der Waals surface area (Å²) in [6.45, 7) is 4.28.